The molecule has 1 aliphatic heterocycles. The van der Waals surface area contributed by atoms with E-state index in [1.54, 1.807) is 0 Å². The molecule has 2 rings (SSSR count). The van der Waals surface area contributed by atoms with Gasteiger partial charge in [-0.05, 0) is 12.1 Å². The number of benzene rings is 1. The first-order valence-electron chi connectivity index (χ1n) is 4.64. The zero-order valence-corrected chi connectivity index (χ0v) is 9.09. The van der Waals surface area contributed by atoms with Crippen LogP contribution in [0.5, 0.6) is 0 Å². The molecule has 0 bridgehead atoms. The van der Waals surface area contributed by atoms with Gasteiger partial charge in [0.05, 0.1) is 24.0 Å². The highest BCUT2D eigenvalue weighted by molar-refractivity contribution is 8.00. The zero-order chi connectivity index (χ0) is 11.7. The van der Waals surface area contributed by atoms with Gasteiger partial charge < -0.3 is 15.6 Å². The summed E-state index contributed by atoms with van der Waals surface area (Å²) in [6.45, 7) is 1.23. The van der Waals surface area contributed by atoms with Gasteiger partial charge >= 0.3 is 5.97 Å². The maximum absolute atomic E-state index is 13.4. The van der Waals surface area contributed by atoms with E-state index in [2.05, 4.69) is 0 Å². The van der Waals surface area contributed by atoms with Crippen LogP contribution in [0.2, 0.25) is 0 Å². The molecule has 86 valence electrons. The van der Waals surface area contributed by atoms with Crippen LogP contribution in [-0.4, -0.2) is 29.5 Å². The molecule has 1 aliphatic rings. The van der Waals surface area contributed by atoms with Crippen LogP contribution < -0.4 is 5.73 Å². The second kappa shape index (κ2) is 4.31. The number of hydrogen-bond donors (Lipinski definition) is 2. The number of nitrogen functional groups attached to an aromatic ring is 1. The van der Waals surface area contributed by atoms with Crippen LogP contribution in [-0.2, 0) is 4.74 Å². The predicted molar refractivity (Wildman–Crippen MR) is 58.2 cm³/mol. The fourth-order valence-electron chi connectivity index (χ4n) is 1.30. The highest BCUT2D eigenvalue weighted by Gasteiger charge is 2.22. The fraction of sp³-hybridized carbons (Fsp3) is 0.300. The van der Waals surface area contributed by atoms with Crippen LogP contribution >= 0.6 is 11.8 Å². The average Bonchev–Trinajstić information content (AvgIpc) is 2.15. The fourth-order valence-corrected chi connectivity index (χ4v) is 2.35. The van der Waals surface area contributed by atoms with Gasteiger partial charge in [0.2, 0.25) is 0 Å². The smallest absolute Gasteiger partial charge is 0.338 e. The first-order valence-corrected chi connectivity index (χ1v) is 5.52. The predicted octanol–water partition coefficient (Wildman–Crippen LogP) is 1.60. The Bertz CT molecular complexity index is 434. The molecule has 16 heavy (non-hydrogen) atoms. The summed E-state index contributed by atoms with van der Waals surface area (Å²) in [6.07, 6.45) is 0. The summed E-state index contributed by atoms with van der Waals surface area (Å²) >= 11 is 1.41. The van der Waals surface area contributed by atoms with E-state index in [0.29, 0.717) is 18.1 Å². The molecule has 0 aromatic heterocycles. The van der Waals surface area contributed by atoms with Crippen molar-refractivity contribution < 1.29 is 19.0 Å². The lowest BCUT2D eigenvalue weighted by Crippen LogP contribution is -2.30. The Morgan fingerprint density at radius 1 is 1.56 bits per heavy atom. The van der Waals surface area contributed by atoms with Crippen LogP contribution in [0.15, 0.2) is 17.0 Å². The molecule has 1 fully saturated rings. The SMILES string of the molecule is Nc1cc(C(=O)O)c(F)cc1SC1COC1. The number of aromatic carboxylic acids is 1. The molecule has 3 N–H and O–H groups in total. The minimum absolute atomic E-state index is 0.275. The quantitative estimate of drug-likeness (QED) is 0.789. The first-order chi connectivity index (χ1) is 7.58. The Morgan fingerprint density at radius 2 is 2.25 bits per heavy atom. The summed E-state index contributed by atoms with van der Waals surface area (Å²) in [5, 5.41) is 8.97. The maximum atomic E-state index is 13.4. The van der Waals surface area contributed by atoms with Crippen molar-refractivity contribution in [2.45, 2.75) is 10.1 Å². The van der Waals surface area contributed by atoms with Crippen molar-refractivity contribution in [1.82, 2.24) is 0 Å². The minimum Gasteiger partial charge on any atom is -0.478 e. The molecule has 0 spiro atoms. The van der Waals surface area contributed by atoms with Gasteiger partial charge in [0.1, 0.15) is 5.82 Å². The third kappa shape index (κ3) is 2.12. The van der Waals surface area contributed by atoms with Crippen molar-refractivity contribution in [3.8, 4) is 0 Å². The second-order valence-corrected chi connectivity index (χ2v) is 4.79. The van der Waals surface area contributed by atoms with Crippen molar-refractivity contribution in [2.24, 2.45) is 0 Å². The van der Waals surface area contributed by atoms with E-state index in [0.717, 1.165) is 6.07 Å². The lowest BCUT2D eigenvalue weighted by atomic mass is 10.2. The molecule has 6 heteroatoms. The number of carboxylic acids is 1. The van der Waals surface area contributed by atoms with Crippen LogP contribution in [0.1, 0.15) is 10.4 Å². The van der Waals surface area contributed by atoms with Crippen molar-refractivity contribution >= 4 is 23.4 Å². The van der Waals surface area contributed by atoms with Gasteiger partial charge in [0.15, 0.2) is 0 Å². The Kier molecular flexibility index (Phi) is 3.02. The molecule has 0 radical (unpaired) electrons. The largest absolute Gasteiger partial charge is 0.478 e. The molecule has 0 unspecified atom stereocenters. The third-order valence-corrected chi connectivity index (χ3v) is 3.44. The standard InChI is InChI=1S/C10H10FNO3S/c11-7-2-9(16-5-3-15-4-5)8(12)1-6(7)10(13)14/h1-2,5H,3-4,12H2,(H,13,14). The van der Waals surface area contributed by atoms with E-state index in [1.165, 1.54) is 17.8 Å². The van der Waals surface area contributed by atoms with Crippen LogP contribution in [0.4, 0.5) is 10.1 Å². The lowest BCUT2D eigenvalue weighted by Gasteiger charge is -2.25. The number of hydrogen-bond acceptors (Lipinski definition) is 4. The topological polar surface area (TPSA) is 72.6 Å². The molecule has 0 amide bonds. The van der Waals surface area contributed by atoms with Gasteiger partial charge in [-0.1, -0.05) is 0 Å². The number of ether oxygens (including phenoxy) is 1. The lowest BCUT2D eigenvalue weighted by molar-refractivity contribution is 0.0455. The maximum Gasteiger partial charge on any atom is 0.338 e. The second-order valence-electron chi connectivity index (χ2n) is 3.45. The van der Waals surface area contributed by atoms with Gasteiger partial charge in [-0.3, -0.25) is 0 Å². The van der Waals surface area contributed by atoms with E-state index < -0.39 is 17.3 Å². The molecule has 0 aliphatic carbocycles. The van der Waals surface area contributed by atoms with Crippen molar-refractivity contribution in [2.75, 3.05) is 18.9 Å². The summed E-state index contributed by atoms with van der Waals surface area (Å²) in [5.41, 5.74) is 5.55. The molecule has 0 atom stereocenters. The van der Waals surface area contributed by atoms with Crippen LogP contribution in [0.3, 0.4) is 0 Å². The molecule has 4 nitrogen and oxygen atoms in total. The van der Waals surface area contributed by atoms with Crippen LogP contribution in [0, 0.1) is 5.82 Å². The highest BCUT2D eigenvalue weighted by Crippen LogP contribution is 2.33. The molecule has 1 aromatic rings. The molecule has 1 aromatic carbocycles. The van der Waals surface area contributed by atoms with Gasteiger partial charge in [-0.2, -0.15) is 0 Å². The molecule has 1 saturated heterocycles. The van der Waals surface area contributed by atoms with E-state index in [4.69, 9.17) is 15.6 Å². The Labute approximate surface area is 95.6 Å². The Morgan fingerprint density at radius 3 is 2.75 bits per heavy atom. The van der Waals surface area contributed by atoms with Crippen molar-refractivity contribution in [3.63, 3.8) is 0 Å². The monoisotopic (exact) mass is 243 g/mol. The van der Waals surface area contributed by atoms with E-state index in [9.17, 15) is 9.18 Å². The van der Waals surface area contributed by atoms with Gasteiger partial charge in [-0.15, -0.1) is 11.8 Å². The molecule has 0 saturated carbocycles. The third-order valence-electron chi connectivity index (χ3n) is 2.23. The molecular formula is C10H10FNO3S. The number of carboxylic acid groups (broad SMARTS) is 1. The van der Waals surface area contributed by atoms with E-state index in [-0.39, 0.29) is 10.9 Å². The van der Waals surface area contributed by atoms with Crippen LogP contribution in [0.25, 0.3) is 0 Å². The number of nitrogens with two attached hydrogens (primary N) is 1. The number of halogens is 1. The summed E-state index contributed by atoms with van der Waals surface area (Å²) in [6, 6.07) is 2.32. The normalized spacial score (nSPS) is 15.8. The average molecular weight is 243 g/mol. The first kappa shape index (κ1) is 11.2. The number of thioether (sulfide) groups is 1. The minimum atomic E-state index is -1.31. The summed E-state index contributed by atoms with van der Waals surface area (Å²) in [4.78, 5) is 11.2. The summed E-state index contributed by atoms with van der Waals surface area (Å²) in [7, 11) is 0. The van der Waals surface area contributed by atoms with Gasteiger partial charge in [0, 0.05) is 10.6 Å². The highest BCUT2D eigenvalue weighted by atomic mass is 32.2. The molecular weight excluding hydrogens is 233 g/mol. The number of anilines is 1. The zero-order valence-electron chi connectivity index (χ0n) is 8.27. The molecule has 1 heterocycles. The number of rotatable bonds is 3. The summed E-state index contributed by atoms with van der Waals surface area (Å²) in [5.74, 6) is -2.07. The van der Waals surface area contributed by atoms with Crippen molar-refractivity contribution in [3.05, 3.63) is 23.5 Å². The van der Waals surface area contributed by atoms with E-state index in [1.807, 2.05) is 0 Å². The summed E-state index contributed by atoms with van der Waals surface area (Å²) < 4.78 is 18.4. The van der Waals surface area contributed by atoms with Gasteiger partial charge in [-0.25, -0.2) is 9.18 Å². The van der Waals surface area contributed by atoms with Gasteiger partial charge in [0.25, 0.3) is 0 Å². The number of carbonyl (C=O) groups is 1. The Hall–Kier alpha value is -1.27. The van der Waals surface area contributed by atoms with Crippen molar-refractivity contribution in [1.29, 1.82) is 0 Å². The van der Waals surface area contributed by atoms with E-state index >= 15 is 0 Å². The Balaban J connectivity index is 2.25.